The molecule has 1 unspecified atom stereocenters. The summed E-state index contributed by atoms with van der Waals surface area (Å²) in [6, 6.07) is 9.91. The summed E-state index contributed by atoms with van der Waals surface area (Å²) >= 11 is 0. The zero-order valence-electron chi connectivity index (χ0n) is 20.8. The summed E-state index contributed by atoms with van der Waals surface area (Å²) in [5.41, 5.74) is 6.07. The number of H-pyrrole nitrogens is 1. The molecule has 4 N–H and O–H groups in total. The Bertz CT molecular complexity index is 1030. The zero-order valence-corrected chi connectivity index (χ0v) is 20.8. The van der Waals surface area contributed by atoms with E-state index in [-0.39, 0.29) is 41.3 Å². The van der Waals surface area contributed by atoms with E-state index in [1.54, 1.807) is 0 Å². The Hall–Kier alpha value is -2.87. The molecule has 182 valence electrons. The number of nitrogens with two attached hydrogens (primary N) is 1. The number of anilines is 2. The van der Waals surface area contributed by atoms with E-state index in [4.69, 9.17) is 5.73 Å². The van der Waals surface area contributed by atoms with Gasteiger partial charge in [0.2, 0.25) is 5.91 Å². The van der Waals surface area contributed by atoms with Crippen LogP contribution in [0.1, 0.15) is 66.0 Å². The monoisotopic (exact) mass is 457 g/mol. The van der Waals surface area contributed by atoms with E-state index in [9.17, 15) is 14.4 Å². The summed E-state index contributed by atoms with van der Waals surface area (Å²) in [6.45, 7) is 13.0. The standard InChI is InChI=1S/C25H39N5O3/c1-7-8-14-29(20-22(26)30(16-17(2)3)24(33)28-23(20)32)19(31)15-27-21(25(4,5)6)18-12-10-9-11-13-18/h9-13,17,21,27H,7-8,14-16,26H2,1-6H3,(H,28,32,33). The Balaban J connectivity index is 2.40. The second kappa shape index (κ2) is 11.3. The minimum absolute atomic E-state index is 0.0253. The first-order valence-corrected chi connectivity index (χ1v) is 11.7. The topological polar surface area (TPSA) is 113 Å². The van der Waals surface area contributed by atoms with Gasteiger partial charge in [-0.1, -0.05) is 78.3 Å². The third-order valence-corrected chi connectivity index (χ3v) is 5.52. The molecule has 8 heteroatoms. The maximum atomic E-state index is 13.4. The fourth-order valence-corrected chi connectivity index (χ4v) is 3.92. The fourth-order valence-electron chi connectivity index (χ4n) is 3.92. The fraction of sp³-hybridized carbons (Fsp3) is 0.560. The van der Waals surface area contributed by atoms with Crippen LogP contribution in [0.4, 0.5) is 11.5 Å². The number of hydrogen-bond donors (Lipinski definition) is 3. The van der Waals surface area contributed by atoms with Crippen molar-refractivity contribution in [2.45, 2.75) is 67.0 Å². The van der Waals surface area contributed by atoms with Crippen LogP contribution in [0.2, 0.25) is 0 Å². The Morgan fingerprint density at radius 2 is 1.82 bits per heavy atom. The largest absolute Gasteiger partial charge is 0.383 e. The van der Waals surface area contributed by atoms with Gasteiger partial charge in [-0.25, -0.2) is 4.79 Å². The number of benzene rings is 1. The molecule has 0 saturated heterocycles. The predicted molar refractivity (Wildman–Crippen MR) is 134 cm³/mol. The lowest BCUT2D eigenvalue weighted by Crippen LogP contribution is -2.46. The zero-order chi connectivity index (χ0) is 24.8. The lowest BCUT2D eigenvalue weighted by molar-refractivity contribution is -0.118. The summed E-state index contributed by atoms with van der Waals surface area (Å²) in [5.74, 6) is -0.0958. The van der Waals surface area contributed by atoms with Gasteiger partial charge in [-0.15, -0.1) is 0 Å². The molecule has 0 spiro atoms. The van der Waals surface area contributed by atoms with E-state index in [0.717, 1.165) is 12.0 Å². The molecule has 1 heterocycles. The second-order valence-corrected chi connectivity index (χ2v) is 9.99. The van der Waals surface area contributed by atoms with Gasteiger partial charge in [-0.2, -0.15) is 0 Å². The third-order valence-electron chi connectivity index (χ3n) is 5.52. The van der Waals surface area contributed by atoms with Crippen molar-refractivity contribution in [2.75, 3.05) is 23.7 Å². The van der Waals surface area contributed by atoms with Crippen LogP contribution in [-0.2, 0) is 11.3 Å². The molecule has 0 fully saturated rings. The number of hydrogen-bond acceptors (Lipinski definition) is 5. The van der Waals surface area contributed by atoms with Gasteiger partial charge in [0.1, 0.15) is 5.82 Å². The van der Waals surface area contributed by atoms with Crippen LogP contribution in [0, 0.1) is 11.3 Å². The van der Waals surface area contributed by atoms with Crippen molar-refractivity contribution in [3.05, 3.63) is 56.7 Å². The van der Waals surface area contributed by atoms with Crippen molar-refractivity contribution in [3.63, 3.8) is 0 Å². The molecule has 0 aliphatic rings. The lowest BCUT2D eigenvalue weighted by Gasteiger charge is -2.33. The van der Waals surface area contributed by atoms with Crippen molar-refractivity contribution in [3.8, 4) is 0 Å². The van der Waals surface area contributed by atoms with Crippen LogP contribution in [0.25, 0.3) is 0 Å². The van der Waals surface area contributed by atoms with Gasteiger partial charge < -0.3 is 16.0 Å². The number of nitrogen functional groups attached to an aromatic ring is 1. The summed E-state index contributed by atoms with van der Waals surface area (Å²) < 4.78 is 1.34. The number of aromatic amines is 1. The van der Waals surface area contributed by atoms with Crippen LogP contribution in [-0.4, -0.2) is 28.5 Å². The molecular weight excluding hydrogens is 418 g/mol. The Morgan fingerprint density at radius 3 is 2.36 bits per heavy atom. The first-order valence-electron chi connectivity index (χ1n) is 11.7. The number of rotatable bonds is 10. The predicted octanol–water partition coefficient (Wildman–Crippen LogP) is 3.28. The summed E-state index contributed by atoms with van der Waals surface area (Å²) in [7, 11) is 0. The Labute approximate surface area is 196 Å². The van der Waals surface area contributed by atoms with Gasteiger partial charge in [0.25, 0.3) is 5.56 Å². The van der Waals surface area contributed by atoms with E-state index in [1.165, 1.54) is 9.47 Å². The molecular formula is C25H39N5O3. The van der Waals surface area contributed by atoms with Crippen LogP contribution in [0.15, 0.2) is 39.9 Å². The smallest absolute Gasteiger partial charge is 0.330 e. The van der Waals surface area contributed by atoms with E-state index in [1.807, 2.05) is 51.1 Å². The number of carbonyl (C=O) groups is 1. The molecule has 8 nitrogen and oxygen atoms in total. The number of carbonyl (C=O) groups excluding carboxylic acids is 1. The molecule has 2 aromatic rings. The number of unbranched alkanes of at least 4 members (excludes halogenated alkanes) is 1. The third kappa shape index (κ3) is 6.81. The van der Waals surface area contributed by atoms with Crippen molar-refractivity contribution < 1.29 is 4.79 Å². The second-order valence-electron chi connectivity index (χ2n) is 9.99. The van der Waals surface area contributed by atoms with Gasteiger partial charge >= 0.3 is 5.69 Å². The van der Waals surface area contributed by atoms with Gasteiger partial charge in [-0.3, -0.25) is 19.1 Å². The number of nitrogens with zero attached hydrogens (tertiary/aromatic N) is 2. The first kappa shape index (κ1) is 26.4. The molecule has 1 aromatic carbocycles. The quantitative estimate of drug-likeness (QED) is 0.507. The molecule has 2 rings (SSSR count). The highest BCUT2D eigenvalue weighted by Crippen LogP contribution is 2.32. The van der Waals surface area contributed by atoms with Crippen molar-refractivity contribution in [1.82, 2.24) is 14.9 Å². The number of nitrogens with one attached hydrogen (secondary N) is 2. The maximum Gasteiger partial charge on any atom is 0.330 e. The summed E-state index contributed by atoms with van der Waals surface area (Å²) in [6.07, 6.45) is 1.55. The normalized spacial score (nSPS) is 12.7. The van der Waals surface area contributed by atoms with E-state index in [0.29, 0.717) is 19.5 Å². The molecule has 0 saturated carbocycles. The first-order chi connectivity index (χ1) is 15.5. The SMILES string of the molecule is CCCCN(C(=O)CNC(c1ccccc1)C(C)(C)C)c1c(N)n(CC(C)C)c(=O)[nH]c1=O. The highest BCUT2D eigenvalue weighted by molar-refractivity contribution is 5.96. The molecule has 0 aliphatic heterocycles. The summed E-state index contributed by atoms with van der Waals surface area (Å²) in [4.78, 5) is 42.3. The Morgan fingerprint density at radius 1 is 1.18 bits per heavy atom. The summed E-state index contributed by atoms with van der Waals surface area (Å²) in [5, 5.41) is 3.39. The highest BCUT2D eigenvalue weighted by Gasteiger charge is 2.29. The van der Waals surface area contributed by atoms with Gasteiger partial charge in [0.15, 0.2) is 5.69 Å². The van der Waals surface area contributed by atoms with Gasteiger partial charge in [0.05, 0.1) is 6.54 Å². The molecule has 33 heavy (non-hydrogen) atoms. The molecule has 1 amide bonds. The van der Waals surface area contributed by atoms with E-state index in [2.05, 4.69) is 31.1 Å². The van der Waals surface area contributed by atoms with Crippen molar-refractivity contribution >= 4 is 17.4 Å². The maximum absolute atomic E-state index is 13.4. The molecule has 0 radical (unpaired) electrons. The van der Waals surface area contributed by atoms with E-state index >= 15 is 0 Å². The van der Waals surface area contributed by atoms with E-state index < -0.39 is 11.2 Å². The molecule has 0 aliphatic carbocycles. The molecule has 1 atom stereocenters. The number of aromatic nitrogens is 2. The van der Waals surface area contributed by atoms with Crippen LogP contribution < -0.4 is 27.2 Å². The number of amides is 1. The Kier molecular flexibility index (Phi) is 9.05. The molecule has 1 aromatic heterocycles. The van der Waals surface area contributed by atoms with Crippen LogP contribution in [0.5, 0.6) is 0 Å². The van der Waals surface area contributed by atoms with Crippen LogP contribution >= 0.6 is 0 Å². The average molecular weight is 458 g/mol. The van der Waals surface area contributed by atoms with Crippen molar-refractivity contribution in [2.24, 2.45) is 11.3 Å². The van der Waals surface area contributed by atoms with Crippen LogP contribution in [0.3, 0.4) is 0 Å². The minimum Gasteiger partial charge on any atom is -0.383 e. The van der Waals surface area contributed by atoms with Gasteiger partial charge in [-0.05, 0) is 23.3 Å². The highest BCUT2D eigenvalue weighted by atomic mass is 16.2. The van der Waals surface area contributed by atoms with Gasteiger partial charge in [0, 0.05) is 19.1 Å². The molecule has 0 bridgehead atoms. The lowest BCUT2D eigenvalue weighted by atomic mass is 9.82. The minimum atomic E-state index is -0.641. The van der Waals surface area contributed by atoms with Crippen molar-refractivity contribution in [1.29, 1.82) is 0 Å². The average Bonchev–Trinajstić information content (AvgIpc) is 2.73.